The van der Waals surface area contributed by atoms with E-state index < -0.39 is 0 Å². The molecular weight excluding hydrogens is 238 g/mol. The smallest absolute Gasteiger partial charge is 0.325 e. The van der Waals surface area contributed by atoms with Gasteiger partial charge in [-0.05, 0) is 19.1 Å². The highest BCUT2D eigenvalue weighted by Gasteiger charge is 2.11. The fourth-order valence-electron chi connectivity index (χ4n) is 1.29. The van der Waals surface area contributed by atoms with Gasteiger partial charge in [0.2, 0.25) is 0 Å². The summed E-state index contributed by atoms with van der Waals surface area (Å²) in [5.41, 5.74) is 6.18. The van der Waals surface area contributed by atoms with Crippen LogP contribution >= 0.6 is 12.2 Å². The van der Waals surface area contributed by atoms with Gasteiger partial charge >= 0.3 is 5.97 Å². The molecule has 1 heterocycles. The minimum Gasteiger partial charge on any atom is -0.468 e. The molecule has 6 heteroatoms. The number of pyridine rings is 1. The molecule has 0 radical (unpaired) electrons. The number of nitrogens with two attached hydrogens (primary N) is 1. The fraction of sp³-hybridized carbons (Fsp3) is 0.364. The van der Waals surface area contributed by atoms with Gasteiger partial charge in [0.05, 0.1) is 7.11 Å². The van der Waals surface area contributed by atoms with E-state index in [0.717, 1.165) is 0 Å². The van der Waals surface area contributed by atoms with Crippen LogP contribution in [-0.2, 0) is 9.53 Å². The van der Waals surface area contributed by atoms with Gasteiger partial charge in [0.15, 0.2) is 0 Å². The number of nitrogens with zero attached hydrogens (tertiary/aromatic N) is 2. The van der Waals surface area contributed by atoms with Crippen LogP contribution in [0.2, 0.25) is 0 Å². The lowest BCUT2D eigenvalue weighted by Crippen LogP contribution is -2.31. The van der Waals surface area contributed by atoms with E-state index in [1.807, 2.05) is 6.92 Å². The molecule has 0 aliphatic rings. The molecule has 0 aromatic carbocycles. The number of hydrogen-bond donors (Lipinski definition) is 1. The number of esters is 1. The summed E-state index contributed by atoms with van der Waals surface area (Å²) in [6.45, 7) is 2.77. The number of carbonyl (C=O) groups is 1. The Balaban J connectivity index is 2.82. The van der Waals surface area contributed by atoms with E-state index in [-0.39, 0.29) is 12.5 Å². The number of likely N-dealkylation sites (N-methyl/N-ethyl adjacent to an activating group) is 1. The topological polar surface area (TPSA) is 68.5 Å². The number of carbonyl (C=O) groups excluding carboxylic acids is 1. The maximum absolute atomic E-state index is 11.2. The van der Waals surface area contributed by atoms with Gasteiger partial charge in [0.25, 0.3) is 0 Å². The molecule has 1 aromatic heterocycles. The molecule has 17 heavy (non-hydrogen) atoms. The lowest BCUT2D eigenvalue weighted by molar-refractivity contribution is -0.138. The molecule has 5 nitrogen and oxygen atoms in total. The van der Waals surface area contributed by atoms with E-state index in [2.05, 4.69) is 9.72 Å². The molecule has 0 fully saturated rings. The van der Waals surface area contributed by atoms with Crippen LogP contribution in [0.1, 0.15) is 12.5 Å². The lowest BCUT2D eigenvalue weighted by atomic mass is 10.3. The van der Waals surface area contributed by atoms with Crippen molar-refractivity contribution >= 4 is 29.0 Å². The Hall–Kier alpha value is -1.69. The van der Waals surface area contributed by atoms with Crippen LogP contribution in [-0.4, -0.2) is 36.1 Å². The van der Waals surface area contributed by atoms with Crippen LogP contribution < -0.4 is 10.6 Å². The van der Waals surface area contributed by atoms with Crippen LogP contribution in [0.15, 0.2) is 18.3 Å². The summed E-state index contributed by atoms with van der Waals surface area (Å²) < 4.78 is 4.62. The molecule has 0 amide bonds. The number of methoxy groups -OCH3 is 1. The third-order valence-corrected chi connectivity index (χ3v) is 2.52. The monoisotopic (exact) mass is 253 g/mol. The average molecular weight is 253 g/mol. The maximum Gasteiger partial charge on any atom is 0.325 e. The van der Waals surface area contributed by atoms with Crippen LogP contribution in [0.4, 0.5) is 5.82 Å². The van der Waals surface area contributed by atoms with Crippen molar-refractivity contribution in [1.82, 2.24) is 4.98 Å². The first-order valence-electron chi connectivity index (χ1n) is 5.16. The lowest BCUT2D eigenvalue weighted by Gasteiger charge is -2.20. The van der Waals surface area contributed by atoms with Crippen molar-refractivity contribution in [2.75, 3.05) is 25.1 Å². The van der Waals surface area contributed by atoms with Gasteiger partial charge in [0.1, 0.15) is 17.4 Å². The molecule has 0 unspecified atom stereocenters. The van der Waals surface area contributed by atoms with E-state index in [4.69, 9.17) is 18.0 Å². The van der Waals surface area contributed by atoms with Gasteiger partial charge in [-0.1, -0.05) is 12.2 Å². The molecule has 0 aliphatic carbocycles. The highest BCUT2D eigenvalue weighted by atomic mass is 32.1. The molecular formula is C11H15N3O2S. The quantitative estimate of drug-likeness (QED) is 0.616. The Morgan fingerprint density at radius 2 is 2.29 bits per heavy atom. The molecule has 1 rings (SSSR count). The Morgan fingerprint density at radius 1 is 1.59 bits per heavy atom. The first-order valence-corrected chi connectivity index (χ1v) is 5.57. The normalized spacial score (nSPS) is 9.76. The summed E-state index contributed by atoms with van der Waals surface area (Å²) >= 11 is 4.84. The number of rotatable bonds is 5. The Labute approximate surface area is 106 Å². The van der Waals surface area contributed by atoms with E-state index in [9.17, 15) is 4.79 Å². The average Bonchev–Trinajstić information content (AvgIpc) is 2.35. The first kappa shape index (κ1) is 13.4. The van der Waals surface area contributed by atoms with Crippen molar-refractivity contribution in [3.63, 3.8) is 0 Å². The largest absolute Gasteiger partial charge is 0.468 e. The molecule has 92 valence electrons. The number of ether oxygens (including phenoxy) is 1. The molecule has 0 saturated heterocycles. The number of hydrogen-bond acceptors (Lipinski definition) is 5. The van der Waals surface area contributed by atoms with Gasteiger partial charge in [-0.15, -0.1) is 0 Å². The minimum atomic E-state index is -0.299. The number of aromatic nitrogens is 1. The van der Waals surface area contributed by atoms with Crippen molar-refractivity contribution < 1.29 is 9.53 Å². The summed E-state index contributed by atoms with van der Waals surface area (Å²) in [6.07, 6.45) is 1.59. The minimum absolute atomic E-state index is 0.173. The van der Waals surface area contributed by atoms with Gasteiger partial charge < -0.3 is 15.4 Å². The van der Waals surface area contributed by atoms with Crippen LogP contribution in [0, 0.1) is 0 Å². The third-order valence-electron chi connectivity index (χ3n) is 2.29. The SMILES string of the molecule is CCN(CC(=O)OC)c1ccc(C(N)=S)cn1. The molecule has 0 saturated carbocycles. The van der Waals surface area contributed by atoms with Gasteiger partial charge in [-0.25, -0.2) is 4.98 Å². The molecule has 0 spiro atoms. The van der Waals surface area contributed by atoms with Gasteiger partial charge in [-0.2, -0.15) is 0 Å². The molecule has 0 atom stereocenters. The van der Waals surface area contributed by atoms with E-state index >= 15 is 0 Å². The first-order chi connectivity index (χ1) is 8.08. The third kappa shape index (κ3) is 3.67. The van der Waals surface area contributed by atoms with E-state index in [0.29, 0.717) is 22.9 Å². The van der Waals surface area contributed by atoms with Crippen LogP contribution in [0.5, 0.6) is 0 Å². The summed E-state index contributed by atoms with van der Waals surface area (Å²) in [6, 6.07) is 3.56. The summed E-state index contributed by atoms with van der Waals surface area (Å²) in [7, 11) is 1.36. The highest BCUT2D eigenvalue weighted by Crippen LogP contribution is 2.11. The van der Waals surface area contributed by atoms with E-state index in [1.165, 1.54) is 7.11 Å². The second-order valence-corrected chi connectivity index (χ2v) is 3.80. The fourth-order valence-corrected chi connectivity index (χ4v) is 1.41. The molecule has 0 bridgehead atoms. The maximum atomic E-state index is 11.2. The van der Waals surface area contributed by atoms with Crippen molar-refractivity contribution in [3.8, 4) is 0 Å². The van der Waals surface area contributed by atoms with E-state index in [1.54, 1.807) is 23.2 Å². The summed E-state index contributed by atoms with van der Waals surface area (Å²) in [5.74, 6) is 0.393. The predicted molar refractivity (Wildman–Crippen MR) is 70.0 cm³/mol. The molecule has 0 aliphatic heterocycles. The van der Waals surface area contributed by atoms with Crippen LogP contribution in [0.25, 0.3) is 0 Å². The number of anilines is 1. The van der Waals surface area contributed by atoms with Crippen molar-refractivity contribution in [2.45, 2.75) is 6.92 Å². The van der Waals surface area contributed by atoms with Crippen molar-refractivity contribution in [3.05, 3.63) is 23.9 Å². The zero-order chi connectivity index (χ0) is 12.8. The zero-order valence-electron chi connectivity index (χ0n) is 9.84. The second-order valence-electron chi connectivity index (χ2n) is 3.36. The zero-order valence-corrected chi connectivity index (χ0v) is 10.7. The summed E-state index contributed by atoms with van der Waals surface area (Å²) in [4.78, 5) is 17.5. The Morgan fingerprint density at radius 3 is 2.71 bits per heavy atom. The molecule has 2 N–H and O–H groups in total. The number of thiocarbonyl (C=S) groups is 1. The Kier molecular flexibility index (Phi) is 4.84. The second kappa shape index (κ2) is 6.15. The van der Waals surface area contributed by atoms with Gasteiger partial charge in [-0.3, -0.25) is 4.79 Å². The highest BCUT2D eigenvalue weighted by molar-refractivity contribution is 7.80. The summed E-state index contributed by atoms with van der Waals surface area (Å²) in [5, 5.41) is 0. The van der Waals surface area contributed by atoms with Gasteiger partial charge in [0, 0.05) is 18.3 Å². The standard InChI is InChI=1S/C11H15N3O2S/c1-3-14(7-10(15)16-2)9-5-4-8(6-13-9)11(12)17/h4-6H,3,7H2,1-2H3,(H2,12,17). The predicted octanol–water partition coefficient (Wildman–Crippen LogP) is 0.715. The Bertz CT molecular complexity index is 406. The van der Waals surface area contributed by atoms with Crippen molar-refractivity contribution in [2.24, 2.45) is 5.73 Å². The molecule has 1 aromatic rings. The van der Waals surface area contributed by atoms with Crippen LogP contribution in [0.3, 0.4) is 0 Å². The van der Waals surface area contributed by atoms with Crippen molar-refractivity contribution in [1.29, 1.82) is 0 Å².